The van der Waals surface area contributed by atoms with E-state index >= 15 is 0 Å². The first-order valence-electron chi connectivity index (χ1n) is 5.11. The van der Waals surface area contributed by atoms with Crippen LogP contribution in [-0.2, 0) is 0 Å². The maximum Gasteiger partial charge on any atom is -0.0303 e. The molecule has 0 aliphatic carbocycles. The van der Waals surface area contributed by atoms with Gasteiger partial charge in [0.15, 0.2) is 0 Å². The van der Waals surface area contributed by atoms with Gasteiger partial charge in [-0.25, -0.2) is 0 Å². The summed E-state index contributed by atoms with van der Waals surface area (Å²) in [7, 11) is 2.63. The summed E-state index contributed by atoms with van der Waals surface area (Å²) in [6.07, 6.45) is 5.54. The van der Waals surface area contributed by atoms with Gasteiger partial charge in [0.1, 0.15) is 0 Å². The van der Waals surface area contributed by atoms with E-state index < -0.39 is 0 Å². The van der Waals surface area contributed by atoms with Crippen LogP contribution >= 0.6 is 9.24 Å². The Morgan fingerprint density at radius 2 is 1.38 bits per heavy atom. The minimum absolute atomic E-state index is 1.24. The van der Waals surface area contributed by atoms with Crippen molar-refractivity contribution in [3.05, 3.63) is 30.3 Å². The lowest BCUT2D eigenvalue weighted by Gasteiger charge is -1.86. The molecule has 0 saturated heterocycles. The van der Waals surface area contributed by atoms with Gasteiger partial charge < -0.3 is 0 Å². The first-order chi connectivity index (χ1) is 6.31. The largest absolute Gasteiger partial charge is 0.106 e. The second-order valence-electron chi connectivity index (χ2n) is 3.12. The monoisotopic (exact) mass is 196 g/mol. The molecule has 1 heteroatoms. The molecule has 0 radical (unpaired) electrons. The zero-order valence-corrected chi connectivity index (χ0v) is 9.95. The zero-order chi connectivity index (χ0) is 9.94. The molecular formula is C12H21P. The fraction of sp³-hybridized carbons (Fsp3) is 0.500. The van der Waals surface area contributed by atoms with Crippen LogP contribution in [0.1, 0.15) is 39.5 Å². The van der Waals surface area contributed by atoms with Crippen LogP contribution in [0, 0.1) is 0 Å². The van der Waals surface area contributed by atoms with E-state index in [0.29, 0.717) is 0 Å². The van der Waals surface area contributed by atoms with Crippen molar-refractivity contribution in [2.75, 3.05) is 0 Å². The highest BCUT2D eigenvalue weighted by Crippen LogP contribution is 1.95. The highest BCUT2D eigenvalue weighted by Gasteiger charge is 1.75. The normalized spacial score (nSPS) is 8.85. The minimum atomic E-state index is 1.24. The maximum atomic E-state index is 2.63. The number of hydrogen-bond donors (Lipinski definition) is 0. The third-order valence-corrected chi connectivity index (χ3v) is 2.14. The molecule has 1 atom stereocenters. The molecule has 0 fully saturated rings. The predicted molar refractivity (Wildman–Crippen MR) is 65.6 cm³/mol. The van der Waals surface area contributed by atoms with E-state index in [4.69, 9.17) is 0 Å². The number of hydrogen-bond acceptors (Lipinski definition) is 0. The molecule has 0 saturated carbocycles. The van der Waals surface area contributed by atoms with E-state index in [2.05, 4.69) is 23.1 Å². The molecule has 0 bridgehead atoms. The van der Waals surface area contributed by atoms with Gasteiger partial charge in [-0.1, -0.05) is 69.9 Å². The fourth-order valence-electron chi connectivity index (χ4n) is 0.953. The Morgan fingerprint density at radius 1 is 0.923 bits per heavy atom. The van der Waals surface area contributed by atoms with Crippen LogP contribution in [0.15, 0.2) is 30.3 Å². The smallest absolute Gasteiger partial charge is 0.0303 e. The Hall–Kier alpha value is -0.350. The molecule has 74 valence electrons. The maximum absolute atomic E-state index is 2.63. The Kier molecular flexibility index (Phi) is 9.47. The molecule has 0 aliphatic heterocycles. The number of benzene rings is 1. The molecule has 0 heterocycles. The predicted octanol–water partition coefficient (Wildman–Crippen LogP) is 3.77. The van der Waals surface area contributed by atoms with Gasteiger partial charge in [0.2, 0.25) is 0 Å². The van der Waals surface area contributed by atoms with Crippen LogP contribution in [0.2, 0.25) is 0 Å². The quantitative estimate of drug-likeness (QED) is 0.510. The van der Waals surface area contributed by atoms with Gasteiger partial charge in [-0.15, -0.1) is 9.24 Å². The molecule has 1 aromatic rings. The highest BCUT2D eigenvalue weighted by molar-refractivity contribution is 7.27. The van der Waals surface area contributed by atoms with Crippen LogP contribution in [0.4, 0.5) is 0 Å². The molecular weight excluding hydrogens is 175 g/mol. The summed E-state index contributed by atoms with van der Waals surface area (Å²) in [4.78, 5) is 0. The van der Waals surface area contributed by atoms with Crippen LogP contribution in [0.25, 0.3) is 0 Å². The summed E-state index contributed by atoms with van der Waals surface area (Å²) >= 11 is 0. The lowest BCUT2D eigenvalue weighted by Crippen LogP contribution is -1.82. The Balaban J connectivity index is 0.000000226. The summed E-state index contributed by atoms with van der Waals surface area (Å²) in [5.41, 5.74) is 0. The van der Waals surface area contributed by atoms with Gasteiger partial charge in [0.05, 0.1) is 0 Å². The van der Waals surface area contributed by atoms with Gasteiger partial charge in [0.25, 0.3) is 0 Å². The molecule has 0 N–H and O–H groups in total. The van der Waals surface area contributed by atoms with Crippen LogP contribution in [0.3, 0.4) is 0 Å². The zero-order valence-electron chi connectivity index (χ0n) is 8.79. The molecule has 0 aromatic heterocycles. The van der Waals surface area contributed by atoms with E-state index in [0.717, 1.165) is 0 Å². The van der Waals surface area contributed by atoms with Crippen LogP contribution in [0.5, 0.6) is 0 Å². The third-order valence-electron chi connectivity index (χ3n) is 1.76. The van der Waals surface area contributed by atoms with Gasteiger partial charge in [-0.2, -0.15) is 0 Å². The van der Waals surface area contributed by atoms with Crippen LogP contribution < -0.4 is 5.30 Å². The SMILES string of the molecule is CCCCCC.Pc1ccccc1. The average Bonchev–Trinajstić information content (AvgIpc) is 2.17. The van der Waals surface area contributed by atoms with E-state index in [1.807, 2.05) is 30.3 Å². The average molecular weight is 196 g/mol. The van der Waals surface area contributed by atoms with Crippen molar-refractivity contribution in [2.24, 2.45) is 0 Å². The molecule has 1 unspecified atom stereocenters. The lowest BCUT2D eigenvalue weighted by atomic mass is 10.2. The van der Waals surface area contributed by atoms with Crippen molar-refractivity contribution in [2.45, 2.75) is 39.5 Å². The van der Waals surface area contributed by atoms with Crippen molar-refractivity contribution in [1.82, 2.24) is 0 Å². The fourth-order valence-corrected chi connectivity index (χ4v) is 1.18. The third kappa shape index (κ3) is 9.56. The summed E-state index contributed by atoms with van der Waals surface area (Å²) in [5.74, 6) is 0. The van der Waals surface area contributed by atoms with Crippen molar-refractivity contribution in [3.63, 3.8) is 0 Å². The summed E-state index contributed by atoms with van der Waals surface area (Å²) in [6.45, 7) is 4.46. The summed E-state index contributed by atoms with van der Waals surface area (Å²) < 4.78 is 0. The second kappa shape index (κ2) is 9.74. The van der Waals surface area contributed by atoms with Gasteiger partial charge in [-0.05, 0) is 5.30 Å². The van der Waals surface area contributed by atoms with E-state index in [9.17, 15) is 0 Å². The van der Waals surface area contributed by atoms with Crippen molar-refractivity contribution < 1.29 is 0 Å². The summed E-state index contributed by atoms with van der Waals surface area (Å²) in [6, 6.07) is 10.1. The molecule has 0 aliphatic rings. The Morgan fingerprint density at radius 3 is 1.62 bits per heavy atom. The van der Waals surface area contributed by atoms with Gasteiger partial charge in [-0.3, -0.25) is 0 Å². The topological polar surface area (TPSA) is 0 Å². The Bertz CT molecular complexity index is 178. The van der Waals surface area contributed by atoms with Crippen molar-refractivity contribution in [3.8, 4) is 0 Å². The molecule has 1 aromatic carbocycles. The highest BCUT2D eigenvalue weighted by atomic mass is 31.0. The lowest BCUT2D eigenvalue weighted by molar-refractivity contribution is 0.702. The minimum Gasteiger partial charge on any atom is -0.106 e. The molecule has 0 nitrogen and oxygen atoms in total. The molecule has 13 heavy (non-hydrogen) atoms. The first kappa shape index (κ1) is 12.7. The second-order valence-corrected chi connectivity index (χ2v) is 3.78. The van der Waals surface area contributed by atoms with E-state index in [1.54, 1.807) is 0 Å². The van der Waals surface area contributed by atoms with Crippen molar-refractivity contribution in [1.29, 1.82) is 0 Å². The number of unbranched alkanes of at least 4 members (excludes halogenated alkanes) is 3. The van der Waals surface area contributed by atoms with E-state index in [1.165, 1.54) is 31.0 Å². The van der Waals surface area contributed by atoms with Gasteiger partial charge in [0, 0.05) is 0 Å². The first-order valence-corrected chi connectivity index (χ1v) is 5.69. The van der Waals surface area contributed by atoms with E-state index in [-0.39, 0.29) is 0 Å². The van der Waals surface area contributed by atoms with Gasteiger partial charge >= 0.3 is 0 Å². The summed E-state index contributed by atoms with van der Waals surface area (Å²) in [5, 5.41) is 1.24. The molecule has 0 spiro atoms. The molecule has 0 amide bonds. The van der Waals surface area contributed by atoms with Crippen LogP contribution in [-0.4, -0.2) is 0 Å². The van der Waals surface area contributed by atoms with Crippen molar-refractivity contribution >= 4 is 14.5 Å². The number of rotatable bonds is 3. The standard InChI is InChI=1S/C6H7P.C6H14/c7-6-4-2-1-3-5-6;1-3-5-6-4-2/h1-5H,7H2;3-6H2,1-2H3. The molecule has 1 rings (SSSR count). The Labute approximate surface area is 85.0 Å².